The van der Waals surface area contributed by atoms with Crippen LogP contribution in [0, 0.1) is 20.8 Å². The van der Waals surface area contributed by atoms with E-state index in [9.17, 15) is 8.42 Å². The van der Waals surface area contributed by atoms with Crippen LogP contribution in [0.3, 0.4) is 0 Å². The van der Waals surface area contributed by atoms with Crippen LogP contribution in [-0.4, -0.2) is 25.7 Å². The van der Waals surface area contributed by atoms with Crippen LogP contribution in [-0.2, 0) is 10.0 Å². The number of aryl methyl sites for hydroxylation is 3. The molecule has 8 heteroatoms. The average Bonchev–Trinajstić information content (AvgIpc) is 2.65. The van der Waals surface area contributed by atoms with Crippen molar-refractivity contribution in [3.05, 3.63) is 65.2 Å². The molecule has 3 aromatic rings. The van der Waals surface area contributed by atoms with Crippen molar-refractivity contribution in [1.82, 2.24) is 10.2 Å². The molecule has 7 nitrogen and oxygen atoms in total. The van der Waals surface area contributed by atoms with Gasteiger partial charge in [-0.15, -0.1) is 10.2 Å². The lowest BCUT2D eigenvalue weighted by atomic mass is 10.2. The van der Waals surface area contributed by atoms with Crippen LogP contribution in [0.5, 0.6) is 5.75 Å². The molecule has 28 heavy (non-hydrogen) atoms. The van der Waals surface area contributed by atoms with Gasteiger partial charge in [0.1, 0.15) is 5.75 Å². The first-order chi connectivity index (χ1) is 13.3. The Kier molecular flexibility index (Phi) is 5.51. The number of rotatable bonds is 6. The molecule has 0 spiro atoms. The number of hydrogen-bond donors (Lipinski definition) is 2. The molecule has 1 heterocycles. The number of aromatic nitrogens is 2. The molecule has 0 unspecified atom stereocenters. The van der Waals surface area contributed by atoms with E-state index in [4.69, 9.17) is 4.74 Å². The summed E-state index contributed by atoms with van der Waals surface area (Å²) in [5.74, 6) is 1.29. The lowest BCUT2D eigenvalue weighted by Crippen LogP contribution is -2.15. The van der Waals surface area contributed by atoms with Gasteiger partial charge in [-0.2, -0.15) is 0 Å². The largest absolute Gasteiger partial charge is 0.495 e. The van der Waals surface area contributed by atoms with Crippen LogP contribution in [0.15, 0.2) is 53.4 Å². The van der Waals surface area contributed by atoms with E-state index in [0.717, 1.165) is 16.8 Å². The molecule has 0 bridgehead atoms. The highest BCUT2D eigenvalue weighted by Crippen LogP contribution is 2.28. The van der Waals surface area contributed by atoms with Crippen molar-refractivity contribution >= 4 is 27.3 Å². The highest BCUT2D eigenvalue weighted by molar-refractivity contribution is 7.92. The standard InChI is InChI=1S/C20H22N4O3S/c1-13-6-8-17(27-4)16(11-13)21-19-9-10-20(23-22-19)24-28(25,26)18-12-14(2)5-7-15(18)3/h5-12H,1-4H3,(H,21,22)(H,23,24). The molecule has 2 N–H and O–H groups in total. The fourth-order valence-electron chi connectivity index (χ4n) is 2.70. The van der Waals surface area contributed by atoms with Crippen LogP contribution in [0.2, 0.25) is 0 Å². The van der Waals surface area contributed by atoms with Crippen LogP contribution >= 0.6 is 0 Å². The molecule has 0 atom stereocenters. The van der Waals surface area contributed by atoms with Crippen molar-refractivity contribution in [1.29, 1.82) is 0 Å². The number of sulfonamides is 1. The molecule has 1 aromatic heterocycles. The summed E-state index contributed by atoms with van der Waals surface area (Å²) in [5, 5.41) is 11.2. The Morgan fingerprint density at radius 3 is 2.18 bits per heavy atom. The summed E-state index contributed by atoms with van der Waals surface area (Å²) in [6.07, 6.45) is 0. The number of ether oxygens (including phenoxy) is 1. The van der Waals surface area contributed by atoms with E-state index in [1.165, 1.54) is 0 Å². The van der Waals surface area contributed by atoms with E-state index < -0.39 is 10.0 Å². The zero-order valence-electron chi connectivity index (χ0n) is 16.1. The minimum absolute atomic E-state index is 0.141. The second kappa shape index (κ2) is 7.85. The minimum Gasteiger partial charge on any atom is -0.495 e. The maximum absolute atomic E-state index is 12.7. The molecule has 0 saturated carbocycles. The Morgan fingerprint density at radius 2 is 1.50 bits per heavy atom. The molecule has 0 aliphatic rings. The van der Waals surface area contributed by atoms with Crippen LogP contribution in [0.1, 0.15) is 16.7 Å². The highest BCUT2D eigenvalue weighted by atomic mass is 32.2. The molecule has 0 saturated heterocycles. The SMILES string of the molecule is COc1ccc(C)cc1Nc1ccc(NS(=O)(=O)c2cc(C)ccc2C)nn1. The van der Waals surface area contributed by atoms with Gasteiger partial charge in [0.15, 0.2) is 11.6 Å². The molecule has 3 rings (SSSR count). The number of benzene rings is 2. The third-order valence-corrected chi connectivity index (χ3v) is 5.65. The van der Waals surface area contributed by atoms with E-state index >= 15 is 0 Å². The third-order valence-electron chi connectivity index (χ3n) is 4.15. The Morgan fingerprint density at radius 1 is 0.857 bits per heavy atom. The third kappa shape index (κ3) is 4.40. The number of anilines is 3. The average molecular weight is 398 g/mol. The Bertz CT molecular complexity index is 1100. The van der Waals surface area contributed by atoms with Crippen LogP contribution in [0.25, 0.3) is 0 Å². The summed E-state index contributed by atoms with van der Waals surface area (Å²) in [6.45, 7) is 5.57. The van der Waals surface area contributed by atoms with Crippen LogP contribution in [0.4, 0.5) is 17.3 Å². The van der Waals surface area contributed by atoms with Crippen molar-refractivity contribution in [2.45, 2.75) is 25.7 Å². The van der Waals surface area contributed by atoms with Gasteiger partial charge in [0.25, 0.3) is 10.0 Å². The van der Waals surface area contributed by atoms with E-state index in [-0.39, 0.29) is 10.7 Å². The van der Waals surface area contributed by atoms with Crippen LogP contribution < -0.4 is 14.8 Å². The number of nitrogens with zero attached hydrogens (tertiary/aromatic N) is 2. The topological polar surface area (TPSA) is 93.2 Å². The fraction of sp³-hybridized carbons (Fsp3) is 0.200. The molecule has 0 amide bonds. The first-order valence-corrected chi connectivity index (χ1v) is 10.1. The fourth-order valence-corrected chi connectivity index (χ4v) is 4.03. The normalized spacial score (nSPS) is 11.1. The molecule has 0 radical (unpaired) electrons. The predicted octanol–water partition coefficient (Wildman–Crippen LogP) is 3.95. The van der Waals surface area contributed by atoms with Gasteiger partial charge in [-0.3, -0.25) is 4.72 Å². The van der Waals surface area contributed by atoms with Crippen molar-refractivity contribution in [3.8, 4) is 5.75 Å². The maximum atomic E-state index is 12.7. The number of hydrogen-bond acceptors (Lipinski definition) is 6. The Hall–Kier alpha value is -3.13. The van der Waals surface area contributed by atoms with E-state index in [2.05, 4.69) is 20.2 Å². The lowest BCUT2D eigenvalue weighted by molar-refractivity contribution is 0.416. The smallest absolute Gasteiger partial charge is 0.263 e. The van der Waals surface area contributed by atoms with Gasteiger partial charge in [-0.25, -0.2) is 8.42 Å². The van der Waals surface area contributed by atoms with Crippen molar-refractivity contribution < 1.29 is 13.2 Å². The summed E-state index contributed by atoms with van der Waals surface area (Å²) in [7, 11) is -2.16. The quantitative estimate of drug-likeness (QED) is 0.653. The molecule has 2 aromatic carbocycles. The van der Waals surface area contributed by atoms with Gasteiger partial charge in [0, 0.05) is 0 Å². The molecule has 146 valence electrons. The monoisotopic (exact) mass is 398 g/mol. The van der Waals surface area contributed by atoms with Gasteiger partial charge >= 0.3 is 0 Å². The lowest BCUT2D eigenvalue weighted by Gasteiger charge is -2.12. The summed E-state index contributed by atoms with van der Waals surface area (Å²) in [4.78, 5) is 0.223. The minimum atomic E-state index is -3.75. The van der Waals surface area contributed by atoms with Crippen molar-refractivity contribution in [3.63, 3.8) is 0 Å². The zero-order valence-corrected chi connectivity index (χ0v) is 17.0. The van der Waals surface area contributed by atoms with Gasteiger partial charge in [-0.05, 0) is 67.8 Å². The molecule has 0 aliphatic carbocycles. The number of methoxy groups -OCH3 is 1. The predicted molar refractivity (Wildman–Crippen MR) is 110 cm³/mol. The first-order valence-electron chi connectivity index (χ1n) is 8.64. The first kappa shape index (κ1) is 19.6. The van der Waals surface area contributed by atoms with Gasteiger partial charge < -0.3 is 10.1 Å². The summed E-state index contributed by atoms with van der Waals surface area (Å²) in [6, 6.07) is 14.2. The molecular weight excluding hydrogens is 376 g/mol. The van der Waals surface area contributed by atoms with Gasteiger partial charge in [-0.1, -0.05) is 18.2 Å². The Balaban J connectivity index is 1.80. The van der Waals surface area contributed by atoms with Crippen molar-refractivity contribution in [2.75, 3.05) is 17.1 Å². The van der Waals surface area contributed by atoms with E-state index in [1.807, 2.05) is 38.1 Å². The van der Waals surface area contributed by atoms with E-state index in [1.54, 1.807) is 38.3 Å². The highest BCUT2D eigenvalue weighted by Gasteiger charge is 2.18. The zero-order chi connectivity index (χ0) is 20.3. The maximum Gasteiger partial charge on any atom is 0.263 e. The second-order valence-corrected chi connectivity index (χ2v) is 8.16. The summed E-state index contributed by atoms with van der Waals surface area (Å²) < 4.78 is 33.1. The molecule has 0 fully saturated rings. The summed E-state index contributed by atoms with van der Waals surface area (Å²) >= 11 is 0. The Labute approximate surface area is 164 Å². The van der Waals surface area contributed by atoms with Crippen molar-refractivity contribution in [2.24, 2.45) is 0 Å². The van der Waals surface area contributed by atoms with E-state index in [0.29, 0.717) is 17.1 Å². The van der Waals surface area contributed by atoms with Gasteiger partial charge in [0.2, 0.25) is 0 Å². The number of nitrogens with one attached hydrogen (secondary N) is 2. The molecular formula is C20H22N4O3S. The molecule has 0 aliphatic heterocycles. The summed E-state index contributed by atoms with van der Waals surface area (Å²) in [5.41, 5.74) is 3.34. The second-order valence-electron chi connectivity index (χ2n) is 6.51. The van der Waals surface area contributed by atoms with Gasteiger partial charge in [0.05, 0.1) is 17.7 Å².